The predicted octanol–water partition coefficient (Wildman–Crippen LogP) is 3.47. The Bertz CT molecular complexity index is 583. The summed E-state index contributed by atoms with van der Waals surface area (Å²) in [5.41, 5.74) is 1.07. The van der Waals surface area contributed by atoms with Crippen LogP contribution >= 0.6 is 11.5 Å². The van der Waals surface area contributed by atoms with Crippen molar-refractivity contribution in [2.24, 2.45) is 0 Å². The van der Waals surface area contributed by atoms with Crippen LogP contribution in [0.1, 0.15) is 31.0 Å². The molecule has 0 atom stereocenters. The zero-order chi connectivity index (χ0) is 13.1. The molecule has 1 heterocycles. The van der Waals surface area contributed by atoms with E-state index in [9.17, 15) is 0 Å². The molecule has 1 aromatic carbocycles. The lowest BCUT2D eigenvalue weighted by Crippen LogP contribution is -2.17. The summed E-state index contributed by atoms with van der Waals surface area (Å²) >= 11 is 1.43. The number of nitrogens with zero attached hydrogens (tertiary/aromatic N) is 4. The van der Waals surface area contributed by atoms with Gasteiger partial charge >= 0.3 is 0 Å². The maximum atomic E-state index is 8.80. The van der Waals surface area contributed by atoms with Crippen LogP contribution in [0.25, 0.3) is 0 Å². The van der Waals surface area contributed by atoms with E-state index >= 15 is 0 Å². The van der Waals surface area contributed by atoms with Crippen molar-refractivity contribution in [3.63, 3.8) is 0 Å². The van der Waals surface area contributed by atoms with Crippen LogP contribution in [0.15, 0.2) is 30.3 Å². The van der Waals surface area contributed by atoms with Gasteiger partial charge in [-0.1, -0.05) is 18.2 Å². The van der Waals surface area contributed by atoms with Gasteiger partial charge in [-0.2, -0.15) is 9.64 Å². The van der Waals surface area contributed by atoms with Crippen molar-refractivity contribution in [3.05, 3.63) is 36.2 Å². The Labute approximate surface area is 116 Å². The first-order valence-electron chi connectivity index (χ1n) is 6.41. The lowest BCUT2D eigenvalue weighted by molar-refractivity contribution is 0.919. The number of hydrogen-bond acceptors (Lipinski definition) is 5. The molecule has 0 spiro atoms. The number of para-hydroxylation sites is 1. The van der Waals surface area contributed by atoms with Crippen LogP contribution in [0.5, 0.6) is 0 Å². The largest absolute Gasteiger partial charge is 0.316 e. The maximum absolute atomic E-state index is 8.80. The van der Waals surface area contributed by atoms with Gasteiger partial charge in [0.25, 0.3) is 0 Å². The standard InChI is InChI=1S/C14H14N4S/c15-9-4-10-18(12-5-2-1-3-6-12)14-16-13(17-19-14)11-7-8-11/h1-3,5-6,11H,4,7-8,10H2. The fourth-order valence-electron chi connectivity index (χ4n) is 1.95. The Balaban J connectivity index is 1.87. The first-order valence-corrected chi connectivity index (χ1v) is 7.19. The van der Waals surface area contributed by atoms with Crippen LogP contribution in [0.2, 0.25) is 0 Å². The second-order valence-electron chi connectivity index (χ2n) is 4.60. The number of benzene rings is 1. The molecule has 3 rings (SSSR count). The molecular weight excluding hydrogens is 256 g/mol. The molecule has 1 fully saturated rings. The van der Waals surface area contributed by atoms with Crippen molar-refractivity contribution in [3.8, 4) is 6.07 Å². The number of nitriles is 1. The Morgan fingerprint density at radius 3 is 2.79 bits per heavy atom. The van der Waals surface area contributed by atoms with Crippen molar-refractivity contribution in [1.82, 2.24) is 9.36 Å². The minimum absolute atomic E-state index is 0.479. The highest BCUT2D eigenvalue weighted by atomic mass is 32.1. The average molecular weight is 270 g/mol. The molecular formula is C14H14N4S. The first kappa shape index (κ1) is 12.1. The van der Waals surface area contributed by atoms with E-state index in [4.69, 9.17) is 5.26 Å². The molecule has 1 saturated carbocycles. The molecule has 1 aromatic heterocycles. The Hall–Kier alpha value is -1.93. The van der Waals surface area contributed by atoms with E-state index in [-0.39, 0.29) is 0 Å². The van der Waals surface area contributed by atoms with Crippen molar-refractivity contribution in [2.45, 2.75) is 25.2 Å². The number of aromatic nitrogens is 2. The van der Waals surface area contributed by atoms with Gasteiger partial charge in [-0.05, 0) is 25.0 Å². The molecule has 0 saturated heterocycles. The number of hydrogen-bond donors (Lipinski definition) is 0. The van der Waals surface area contributed by atoms with Gasteiger partial charge in [0.15, 0.2) is 0 Å². The molecule has 1 aliphatic rings. The topological polar surface area (TPSA) is 52.8 Å². The third kappa shape index (κ3) is 2.74. The molecule has 0 bridgehead atoms. The van der Waals surface area contributed by atoms with Crippen LogP contribution < -0.4 is 4.90 Å². The molecule has 4 nitrogen and oxygen atoms in total. The summed E-state index contributed by atoms with van der Waals surface area (Å²) in [7, 11) is 0. The Morgan fingerprint density at radius 2 is 2.11 bits per heavy atom. The van der Waals surface area contributed by atoms with Crippen LogP contribution in [-0.2, 0) is 0 Å². The van der Waals surface area contributed by atoms with Crippen molar-refractivity contribution < 1.29 is 0 Å². The van der Waals surface area contributed by atoms with Crippen molar-refractivity contribution in [2.75, 3.05) is 11.4 Å². The van der Waals surface area contributed by atoms with E-state index in [1.54, 1.807) is 0 Å². The Kier molecular flexibility index (Phi) is 3.43. The first-order chi connectivity index (χ1) is 9.38. The molecule has 1 aliphatic carbocycles. The van der Waals surface area contributed by atoms with Gasteiger partial charge in [-0.25, -0.2) is 4.98 Å². The molecule has 0 N–H and O–H groups in total. The van der Waals surface area contributed by atoms with E-state index in [1.807, 2.05) is 30.3 Å². The van der Waals surface area contributed by atoms with E-state index < -0.39 is 0 Å². The molecule has 96 valence electrons. The lowest BCUT2D eigenvalue weighted by atomic mass is 10.3. The third-order valence-electron chi connectivity index (χ3n) is 3.12. The summed E-state index contributed by atoms with van der Waals surface area (Å²) in [5.74, 6) is 1.54. The normalized spacial score (nSPS) is 14.1. The maximum Gasteiger partial charge on any atom is 0.209 e. The van der Waals surface area contributed by atoms with Crippen LogP contribution in [-0.4, -0.2) is 15.9 Å². The predicted molar refractivity (Wildman–Crippen MR) is 75.6 cm³/mol. The van der Waals surface area contributed by atoms with E-state index in [0.717, 1.165) is 16.6 Å². The molecule has 5 heteroatoms. The summed E-state index contributed by atoms with van der Waals surface area (Å²) in [6.07, 6.45) is 2.90. The van der Waals surface area contributed by atoms with Gasteiger partial charge in [-0.15, -0.1) is 0 Å². The number of anilines is 2. The summed E-state index contributed by atoms with van der Waals surface area (Å²) in [6, 6.07) is 12.3. The molecule has 0 aliphatic heterocycles. The Morgan fingerprint density at radius 1 is 1.32 bits per heavy atom. The van der Waals surface area contributed by atoms with Crippen LogP contribution in [0, 0.1) is 11.3 Å². The highest BCUT2D eigenvalue weighted by Gasteiger charge is 2.28. The van der Waals surface area contributed by atoms with Gasteiger partial charge in [0, 0.05) is 29.7 Å². The van der Waals surface area contributed by atoms with Gasteiger partial charge < -0.3 is 4.90 Å². The molecule has 19 heavy (non-hydrogen) atoms. The number of rotatable bonds is 5. The fraction of sp³-hybridized carbons (Fsp3) is 0.357. The van der Waals surface area contributed by atoms with Crippen LogP contribution in [0.3, 0.4) is 0 Å². The summed E-state index contributed by atoms with van der Waals surface area (Å²) in [4.78, 5) is 6.70. The van der Waals surface area contributed by atoms with Gasteiger partial charge in [0.1, 0.15) is 5.82 Å². The highest BCUT2D eigenvalue weighted by Crippen LogP contribution is 2.40. The molecule has 0 unspecified atom stereocenters. The highest BCUT2D eigenvalue weighted by molar-refractivity contribution is 7.09. The minimum Gasteiger partial charge on any atom is -0.316 e. The van der Waals surface area contributed by atoms with E-state index in [2.05, 4.69) is 20.3 Å². The molecule has 2 aromatic rings. The summed E-state index contributed by atoms with van der Waals surface area (Å²) < 4.78 is 4.44. The quantitative estimate of drug-likeness (QED) is 0.834. The summed E-state index contributed by atoms with van der Waals surface area (Å²) in [6.45, 7) is 0.653. The fourth-order valence-corrected chi connectivity index (χ4v) is 2.74. The minimum atomic E-state index is 0.479. The van der Waals surface area contributed by atoms with Crippen LogP contribution in [0.4, 0.5) is 10.8 Å². The SMILES string of the molecule is N#CCCN(c1ccccc1)c1nc(C2CC2)ns1. The summed E-state index contributed by atoms with van der Waals surface area (Å²) in [5, 5.41) is 9.70. The van der Waals surface area contributed by atoms with E-state index in [0.29, 0.717) is 18.9 Å². The van der Waals surface area contributed by atoms with Gasteiger partial charge in [0.2, 0.25) is 5.13 Å². The zero-order valence-electron chi connectivity index (χ0n) is 10.5. The molecule has 0 radical (unpaired) electrons. The smallest absolute Gasteiger partial charge is 0.209 e. The monoisotopic (exact) mass is 270 g/mol. The second kappa shape index (κ2) is 5.37. The molecule has 0 amide bonds. The third-order valence-corrected chi connectivity index (χ3v) is 3.87. The van der Waals surface area contributed by atoms with E-state index in [1.165, 1.54) is 24.4 Å². The lowest BCUT2D eigenvalue weighted by Gasteiger charge is -2.19. The van der Waals surface area contributed by atoms with Gasteiger partial charge in [-0.3, -0.25) is 0 Å². The van der Waals surface area contributed by atoms with Crippen molar-refractivity contribution in [1.29, 1.82) is 5.26 Å². The average Bonchev–Trinajstić information content (AvgIpc) is 3.20. The zero-order valence-corrected chi connectivity index (χ0v) is 11.3. The second-order valence-corrected chi connectivity index (χ2v) is 5.34. The van der Waals surface area contributed by atoms with Crippen molar-refractivity contribution >= 4 is 22.4 Å². The van der Waals surface area contributed by atoms with Gasteiger partial charge in [0.05, 0.1) is 12.5 Å².